The Bertz CT molecular complexity index is 1790. The first-order valence-corrected chi connectivity index (χ1v) is 31.1. The number of esters is 2. The zero-order valence-electron chi connectivity index (χ0n) is 48.7. The molecule has 0 radical (unpaired) electrons. The highest BCUT2D eigenvalue weighted by molar-refractivity contribution is 7.47. The van der Waals surface area contributed by atoms with Crippen LogP contribution in [0.4, 0.5) is 0 Å². The van der Waals surface area contributed by atoms with E-state index >= 15 is 0 Å². The minimum atomic E-state index is -4.40. The average molecular weight is 1080 g/mol. The van der Waals surface area contributed by atoms with Gasteiger partial charge in [-0.25, -0.2) is 4.57 Å². The SMILES string of the molecule is CC/C=C\C/C=C\C/C=C\C/C=C\C/C=C\C/C=C\C/C=C\C/C=C\CCCCCCCCCCC(=O)OC(COC(=O)CCCCCCCC/C=C\C/C=C\C/C=C\C/C=C\CC)COP(=O)(O)OCC[N+](C)(C)C. The van der Waals surface area contributed by atoms with Crippen LogP contribution in [-0.2, 0) is 32.7 Å². The number of ether oxygens (including phenoxy) is 2. The van der Waals surface area contributed by atoms with Crippen LogP contribution >= 0.6 is 7.82 Å². The van der Waals surface area contributed by atoms with Crippen molar-refractivity contribution in [2.45, 2.75) is 213 Å². The van der Waals surface area contributed by atoms with Gasteiger partial charge < -0.3 is 18.9 Å². The molecule has 2 unspecified atom stereocenters. The molecule has 76 heavy (non-hydrogen) atoms. The fourth-order valence-electron chi connectivity index (χ4n) is 7.37. The quantitative estimate of drug-likeness (QED) is 0.0211. The number of carbonyl (C=O) groups is 2. The van der Waals surface area contributed by atoms with E-state index in [9.17, 15) is 19.0 Å². The van der Waals surface area contributed by atoms with Gasteiger partial charge in [-0.05, 0) is 116 Å². The van der Waals surface area contributed by atoms with Crippen LogP contribution in [0.15, 0.2) is 146 Å². The normalized spacial score (nSPS) is 14.3. The van der Waals surface area contributed by atoms with Gasteiger partial charge in [0.25, 0.3) is 0 Å². The first-order chi connectivity index (χ1) is 37.0. The predicted octanol–water partition coefficient (Wildman–Crippen LogP) is 18.7. The minimum absolute atomic E-state index is 0.0189. The number of rotatable bonds is 52. The van der Waals surface area contributed by atoms with E-state index in [0.29, 0.717) is 23.9 Å². The van der Waals surface area contributed by atoms with E-state index < -0.39 is 26.5 Å². The van der Waals surface area contributed by atoms with Crippen LogP contribution in [0.25, 0.3) is 0 Å². The summed E-state index contributed by atoms with van der Waals surface area (Å²) in [5.74, 6) is -0.835. The van der Waals surface area contributed by atoms with Crippen molar-refractivity contribution in [1.82, 2.24) is 0 Å². The Labute approximate surface area is 465 Å². The van der Waals surface area contributed by atoms with Crippen molar-refractivity contribution in [3.63, 3.8) is 0 Å². The monoisotopic (exact) mass is 1070 g/mol. The number of allylic oxidation sites excluding steroid dienone is 24. The van der Waals surface area contributed by atoms with E-state index in [1.54, 1.807) is 0 Å². The van der Waals surface area contributed by atoms with Gasteiger partial charge in [0.15, 0.2) is 6.10 Å². The second-order valence-corrected chi connectivity index (χ2v) is 21.7. The Balaban J connectivity index is 4.23. The lowest BCUT2D eigenvalue weighted by Gasteiger charge is -2.24. The molecule has 9 nitrogen and oxygen atoms in total. The summed E-state index contributed by atoms with van der Waals surface area (Å²) in [6.07, 6.45) is 82.0. The summed E-state index contributed by atoms with van der Waals surface area (Å²) in [6.45, 7) is 4.16. The Morgan fingerprint density at radius 2 is 0.711 bits per heavy atom. The molecule has 0 aliphatic rings. The molecular formula is C66H109NO8P+. The van der Waals surface area contributed by atoms with Gasteiger partial charge in [0.05, 0.1) is 27.7 Å². The summed E-state index contributed by atoms with van der Waals surface area (Å²) in [7, 11) is 1.44. The minimum Gasteiger partial charge on any atom is -0.462 e. The Hall–Kier alpha value is -4.11. The van der Waals surface area contributed by atoms with Crippen LogP contribution in [-0.4, -0.2) is 74.9 Å². The second kappa shape index (κ2) is 55.6. The maximum absolute atomic E-state index is 12.8. The van der Waals surface area contributed by atoms with Crippen LogP contribution < -0.4 is 0 Å². The summed E-state index contributed by atoms with van der Waals surface area (Å²) < 4.78 is 34.5. The van der Waals surface area contributed by atoms with E-state index in [-0.39, 0.29) is 32.0 Å². The van der Waals surface area contributed by atoms with Gasteiger partial charge in [-0.1, -0.05) is 224 Å². The maximum Gasteiger partial charge on any atom is 0.472 e. The van der Waals surface area contributed by atoms with Crippen LogP contribution in [0.5, 0.6) is 0 Å². The highest BCUT2D eigenvalue weighted by Gasteiger charge is 2.27. The lowest BCUT2D eigenvalue weighted by atomic mass is 10.1. The van der Waals surface area contributed by atoms with Crippen molar-refractivity contribution >= 4 is 19.8 Å². The molecular weight excluding hydrogens is 966 g/mol. The zero-order valence-corrected chi connectivity index (χ0v) is 49.6. The summed E-state index contributed by atoms with van der Waals surface area (Å²) in [4.78, 5) is 35.7. The van der Waals surface area contributed by atoms with Gasteiger partial charge in [-0.3, -0.25) is 18.6 Å². The van der Waals surface area contributed by atoms with Gasteiger partial charge >= 0.3 is 19.8 Å². The van der Waals surface area contributed by atoms with Crippen molar-refractivity contribution < 1.29 is 42.1 Å². The molecule has 0 fully saturated rings. The standard InChI is InChI=1S/C66H108NO8P/c1-6-8-10-12-14-16-18-20-22-24-26-27-28-29-30-31-32-33-34-35-36-37-38-39-41-43-45-47-49-51-53-55-57-59-66(69)75-64(63-74-76(70,71)73-61-60-67(3,4)5)62-72-65(68)58-56-54-52-50-48-46-44-42-40-25-23-21-19-17-15-13-11-9-7-2/h8-11,14-17,20-23,26-27,29-30,32-33,35-36,38-40,42,64H,6-7,12-13,18-19,24-25,28,31,34,37,41,43-63H2,1-5H3/p+1/b10-8-,11-9-,16-14-,17-15-,22-20-,23-21-,27-26-,30-29-,33-32-,36-35-,39-38-,42-40-. The van der Waals surface area contributed by atoms with Crippen molar-refractivity contribution in [3.8, 4) is 0 Å². The summed E-state index contributed by atoms with van der Waals surface area (Å²) in [5.41, 5.74) is 0. The fraction of sp³-hybridized carbons (Fsp3) is 0.606. The highest BCUT2D eigenvalue weighted by Crippen LogP contribution is 2.43. The summed E-state index contributed by atoms with van der Waals surface area (Å²) in [6, 6.07) is 0. The summed E-state index contributed by atoms with van der Waals surface area (Å²) in [5, 5.41) is 0. The van der Waals surface area contributed by atoms with Crippen molar-refractivity contribution in [2.75, 3.05) is 47.5 Å². The number of carbonyl (C=O) groups excluding carboxylic acids is 2. The third-order valence-corrected chi connectivity index (χ3v) is 12.8. The molecule has 0 bridgehead atoms. The Morgan fingerprint density at radius 3 is 1.05 bits per heavy atom. The molecule has 0 heterocycles. The van der Waals surface area contributed by atoms with Gasteiger partial charge in [0, 0.05) is 12.8 Å². The Morgan fingerprint density at radius 1 is 0.408 bits per heavy atom. The van der Waals surface area contributed by atoms with Crippen LogP contribution in [0.1, 0.15) is 206 Å². The van der Waals surface area contributed by atoms with Crippen LogP contribution in [0.3, 0.4) is 0 Å². The second-order valence-electron chi connectivity index (χ2n) is 20.3. The number of phosphoric ester groups is 1. The number of hydrogen-bond donors (Lipinski definition) is 1. The molecule has 1 N–H and O–H groups in total. The maximum atomic E-state index is 12.8. The molecule has 2 atom stereocenters. The largest absolute Gasteiger partial charge is 0.472 e. The zero-order chi connectivity index (χ0) is 55.6. The molecule has 0 amide bonds. The number of hydrogen-bond acceptors (Lipinski definition) is 7. The molecule has 0 aromatic carbocycles. The molecule has 0 rings (SSSR count). The average Bonchev–Trinajstić information content (AvgIpc) is 3.38. The lowest BCUT2D eigenvalue weighted by Crippen LogP contribution is -2.37. The smallest absolute Gasteiger partial charge is 0.462 e. The molecule has 0 saturated carbocycles. The molecule has 0 aliphatic carbocycles. The molecule has 0 saturated heterocycles. The highest BCUT2D eigenvalue weighted by atomic mass is 31.2. The molecule has 0 spiro atoms. The van der Waals surface area contributed by atoms with E-state index in [4.69, 9.17) is 18.5 Å². The van der Waals surface area contributed by atoms with Crippen molar-refractivity contribution in [2.24, 2.45) is 0 Å². The topological polar surface area (TPSA) is 108 Å². The Kier molecular flexibility index (Phi) is 52.6. The van der Waals surface area contributed by atoms with E-state index in [1.807, 2.05) is 21.1 Å². The number of unbranched alkanes of at least 4 members (excludes halogenated alkanes) is 14. The third-order valence-electron chi connectivity index (χ3n) is 11.9. The third kappa shape index (κ3) is 59.1. The van der Waals surface area contributed by atoms with Crippen molar-refractivity contribution in [1.29, 1.82) is 0 Å². The van der Waals surface area contributed by atoms with E-state index in [1.165, 1.54) is 25.7 Å². The molecule has 10 heteroatoms. The number of phosphoric acid groups is 1. The lowest BCUT2D eigenvalue weighted by molar-refractivity contribution is -0.870. The van der Waals surface area contributed by atoms with E-state index in [2.05, 4.69) is 160 Å². The summed E-state index contributed by atoms with van der Waals surface area (Å²) >= 11 is 0. The van der Waals surface area contributed by atoms with E-state index in [0.717, 1.165) is 141 Å². The van der Waals surface area contributed by atoms with Crippen molar-refractivity contribution in [3.05, 3.63) is 146 Å². The predicted molar refractivity (Wildman–Crippen MR) is 325 cm³/mol. The van der Waals surface area contributed by atoms with Gasteiger partial charge in [-0.15, -0.1) is 0 Å². The van der Waals surface area contributed by atoms with Gasteiger partial charge in [-0.2, -0.15) is 0 Å². The molecule has 0 aromatic heterocycles. The first kappa shape index (κ1) is 71.9. The molecule has 430 valence electrons. The molecule has 0 aromatic rings. The molecule has 0 aliphatic heterocycles. The van der Waals surface area contributed by atoms with Crippen LogP contribution in [0, 0.1) is 0 Å². The number of nitrogens with zero attached hydrogens (tertiary/aromatic N) is 1. The number of quaternary nitrogens is 1. The van der Waals surface area contributed by atoms with Gasteiger partial charge in [0.2, 0.25) is 0 Å². The first-order valence-electron chi connectivity index (χ1n) is 29.6. The van der Waals surface area contributed by atoms with Crippen LogP contribution in [0.2, 0.25) is 0 Å². The fourth-order valence-corrected chi connectivity index (χ4v) is 8.12. The van der Waals surface area contributed by atoms with Gasteiger partial charge in [0.1, 0.15) is 19.8 Å². The number of likely N-dealkylation sites (N-methyl/N-ethyl adjacent to an activating group) is 1.